The van der Waals surface area contributed by atoms with Gasteiger partial charge in [-0.3, -0.25) is 4.79 Å². The van der Waals surface area contributed by atoms with Crippen molar-refractivity contribution in [1.29, 1.82) is 0 Å². The minimum absolute atomic E-state index is 0.144. The minimum Gasteiger partial charge on any atom is -0.445 e. The summed E-state index contributed by atoms with van der Waals surface area (Å²) in [6.45, 7) is 2.36. The van der Waals surface area contributed by atoms with E-state index < -0.39 is 0 Å². The molecule has 2 atom stereocenters. The van der Waals surface area contributed by atoms with Crippen molar-refractivity contribution in [3.05, 3.63) is 35.9 Å². The predicted octanol–water partition coefficient (Wildman–Crippen LogP) is 3.94. The molecule has 2 saturated heterocycles. The number of fused-ring (bicyclic) bond motifs is 2. The molecule has 0 spiro atoms. The number of rotatable bonds is 5. The van der Waals surface area contributed by atoms with Crippen LogP contribution in [0.25, 0.3) is 0 Å². The monoisotopic (exact) mass is 315 g/mol. The summed E-state index contributed by atoms with van der Waals surface area (Å²) in [7, 11) is 0. The highest BCUT2D eigenvalue weighted by Crippen LogP contribution is 2.39. The van der Waals surface area contributed by atoms with Gasteiger partial charge in [0.2, 0.25) is 0 Å². The van der Waals surface area contributed by atoms with Gasteiger partial charge in [-0.1, -0.05) is 37.3 Å². The zero-order chi connectivity index (χ0) is 16.2. The van der Waals surface area contributed by atoms with Crippen LogP contribution in [0.3, 0.4) is 0 Å². The molecule has 2 fully saturated rings. The molecule has 4 nitrogen and oxygen atoms in total. The van der Waals surface area contributed by atoms with Crippen molar-refractivity contribution in [3.63, 3.8) is 0 Å². The Labute approximate surface area is 137 Å². The summed E-state index contributed by atoms with van der Waals surface area (Å²) in [5, 5.41) is 0. The first-order chi connectivity index (χ1) is 11.2. The van der Waals surface area contributed by atoms with E-state index in [0.717, 1.165) is 37.7 Å². The van der Waals surface area contributed by atoms with E-state index in [2.05, 4.69) is 0 Å². The fourth-order valence-electron chi connectivity index (χ4n) is 3.98. The van der Waals surface area contributed by atoms with Crippen LogP contribution in [0.5, 0.6) is 0 Å². The Morgan fingerprint density at radius 1 is 1.13 bits per heavy atom. The third-order valence-electron chi connectivity index (χ3n) is 5.10. The van der Waals surface area contributed by atoms with Crippen molar-refractivity contribution in [2.24, 2.45) is 5.92 Å². The summed E-state index contributed by atoms with van der Waals surface area (Å²) < 4.78 is 5.49. The Balaban J connectivity index is 1.57. The lowest BCUT2D eigenvalue weighted by molar-refractivity contribution is -0.125. The molecule has 2 unspecified atom stereocenters. The molecule has 2 heterocycles. The minimum atomic E-state index is -0.220. The topological polar surface area (TPSA) is 46.6 Å². The molecule has 2 aliphatic heterocycles. The third-order valence-corrected chi connectivity index (χ3v) is 5.10. The number of piperidine rings is 1. The second kappa shape index (κ2) is 7.16. The second-order valence-electron chi connectivity index (χ2n) is 6.72. The normalized spacial score (nSPS) is 26.1. The number of ketones is 1. The number of nitrogens with zero attached hydrogens (tertiary/aromatic N) is 1. The standard InChI is InChI=1S/C19H25NO3/c1-2-6-18(21)15-11-16-9-10-17(12-15)20(16)19(22)23-13-14-7-4-3-5-8-14/h3-5,7-8,15-17H,2,6,9-13H2,1H3. The fraction of sp³-hybridized carbons (Fsp3) is 0.579. The number of benzene rings is 1. The molecule has 1 aromatic rings. The molecule has 124 valence electrons. The van der Waals surface area contributed by atoms with Crippen LogP contribution in [0.1, 0.15) is 51.0 Å². The summed E-state index contributed by atoms with van der Waals surface area (Å²) in [4.78, 5) is 26.5. The molecule has 0 aromatic heterocycles. The van der Waals surface area contributed by atoms with Crippen LogP contribution in [0.4, 0.5) is 4.79 Å². The van der Waals surface area contributed by atoms with Crippen molar-refractivity contribution in [1.82, 2.24) is 4.90 Å². The summed E-state index contributed by atoms with van der Waals surface area (Å²) in [6.07, 6.45) is 4.99. The second-order valence-corrected chi connectivity index (χ2v) is 6.72. The molecule has 0 saturated carbocycles. The van der Waals surface area contributed by atoms with Crippen LogP contribution in [-0.4, -0.2) is 28.9 Å². The Kier molecular flexibility index (Phi) is 4.99. The Hall–Kier alpha value is -1.84. The average Bonchev–Trinajstić information content (AvgIpc) is 2.83. The highest BCUT2D eigenvalue weighted by molar-refractivity contribution is 5.81. The molecule has 0 N–H and O–H groups in total. The molecular weight excluding hydrogens is 290 g/mol. The molecule has 1 amide bonds. The van der Waals surface area contributed by atoms with Crippen molar-refractivity contribution in [3.8, 4) is 0 Å². The van der Waals surface area contributed by atoms with Crippen molar-refractivity contribution < 1.29 is 14.3 Å². The highest BCUT2D eigenvalue weighted by Gasteiger charge is 2.45. The zero-order valence-corrected chi connectivity index (χ0v) is 13.7. The third kappa shape index (κ3) is 3.57. The number of hydrogen-bond acceptors (Lipinski definition) is 3. The Morgan fingerprint density at radius 3 is 2.39 bits per heavy atom. The van der Waals surface area contributed by atoms with E-state index in [9.17, 15) is 9.59 Å². The van der Waals surface area contributed by atoms with Crippen LogP contribution < -0.4 is 0 Å². The van der Waals surface area contributed by atoms with Gasteiger partial charge < -0.3 is 9.64 Å². The summed E-state index contributed by atoms with van der Waals surface area (Å²) in [6, 6.07) is 10.1. The van der Waals surface area contributed by atoms with E-state index in [-0.39, 0.29) is 24.1 Å². The summed E-state index contributed by atoms with van der Waals surface area (Å²) >= 11 is 0. The van der Waals surface area contributed by atoms with E-state index in [1.54, 1.807) is 0 Å². The maximum absolute atomic E-state index is 12.5. The van der Waals surface area contributed by atoms with Gasteiger partial charge in [-0.2, -0.15) is 0 Å². The van der Waals surface area contributed by atoms with E-state index in [0.29, 0.717) is 18.8 Å². The SMILES string of the molecule is CCCC(=O)C1CC2CCC(C1)N2C(=O)OCc1ccccc1. The van der Waals surface area contributed by atoms with Gasteiger partial charge in [-0.25, -0.2) is 4.79 Å². The number of carbonyl (C=O) groups is 2. The van der Waals surface area contributed by atoms with Gasteiger partial charge in [0.15, 0.2) is 0 Å². The Morgan fingerprint density at radius 2 is 1.78 bits per heavy atom. The first kappa shape index (κ1) is 16.0. The van der Waals surface area contributed by atoms with Crippen molar-refractivity contribution in [2.45, 2.75) is 64.1 Å². The van der Waals surface area contributed by atoms with Gasteiger partial charge in [-0.05, 0) is 37.7 Å². The van der Waals surface area contributed by atoms with Crippen LogP contribution in [0.2, 0.25) is 0 Å². The first-order valence-electron chi connectivity index (χ1n) is 8.70. The lowest BCUT2D eigenvalue weighted by Gasteiger charge is -2.37. The predicted molar refractivity (Wildman–Crippen MR) is 87.9 cm³/mol. The summed E-state index contributed by atoms with van der Waals surface area (Å²) in [5.74, 6) is 0.521. The van der Waals surface area contributed by atoms with Gasteiger partial charge in [0.25, 0.3) is 0 Å². The van der Waals surface area contributed by atoms with E-state index in [1.807, 2.05) is 42.2 Å². The van der Waals surface area contributed by atoms with E-state index in [4.69, 9.17) is 4.74 Å². The van der Waals surface area contributed by atoms with Crippen LogP contribution in [0.15, 0.2) is 30.3 Å². The molecule has 1 aromatic carbocycles. The van der Waals surface area contributed by atoms with Gasteiger partial charge in [-0.15, -0.1) is 0 Å². The number of hydrogen-bond donors (Lipinski definition) is 0. The molecule has 2 aliphatic rings. The molecule has 3 rings (SSSR count). The highest BCUT2D eigenvalue weighted by atomic mass is 16.6. The van der Waals surface area contributed by atoms with E-state index in [1.165, 1.54) is 0 Å². The van der Waals surface area contributed by atoms with Gasteiger partial charge in [0.1, 0.15) is 12.4 Å². The van der Waals surface area contributed by atoms with Gasteiger partial charge in [0, 0.05) is 24.4 Å². The van der Waals surface area contributed by atoms with Crippen molar-refractivity contribution >= 4 is 11.9 Å². The van der Waals surface area contributed by atoms with Crippen LogP contribution >= 0.6 is 0 Å². The van der Waals surface area contributed by atoms with Crippen molar-refractivity contribution in [2.75, 3.05) is 0 Å². The lowest BCUT2D eigenvalue weighted by Crippen LogP contribution is -2.48. The number of amides is 1. The maximum Gasteiger partial charge on any atom is 0.410 e. The lowest BCUT2D eigenvalue weighted by atomic mass is 9.86. The van der Waals surface area contributed by atoms with Gasteiger partial charge >= 0.3 is 6.09 Å². The fourth-order valence-corrected chi connectivity index (χ4v) is 3.98. The molecule has 2 bridgehead atoms. The molecule has 4 heteroatoms. The van der Waals surface area contributed by atoms with Crippen LogP contribution in [-0.2, 0) is 16.1 Å². The van der Waals surface area contributed by atoms with E-state index >= 15 is 0 Å². The average molecular weight is 315 g/mol. The number of ether oxygens (including phenoxy) is 1. The zero-order valence-electron chi connectivity index (χ0n) is 13.7. The molecule has 0 aliphatic carbocycles. The Bertz CT molecular complexity index is 543. The van der Waals surface area contributed by atoms with Crippen LogP contribution in [0, 0.1) is 5.92 Å². The quantitative estimate of drug-likeness (QED) is 0.827. The number of carbonyl (C=O) groups excluding carboxylic acids is 2. The molecule has 23 heavy (non-hydrogen) atoms. The first-order valence-corrected chi connectivity index (χ1v) is 8.70. The molecule has 0 radical (unpaired) electrons. The maximum atomic E-state index is 12.5. The molecular formula is C19H25NO3. The number of Topliss-reactive ketones (excluding diaryl/α,β-unsaturated/α-hetero) is 1. The van der Waals surface area contributed by atoms with Gasteiger partial charge in [0.05, 0.1) is 0 Å². The largest absolute Gasteiger partial charge is 0.445 e. The summed E-state index contributed by atoms with van der Waals surface area (Å²) in [5.41, 5.74) is 1.00. The smallest absolute Gasteiger partial charge is 0.410 e.